The summed E-state index contributed by atoms with van der Waals surface area (Å²) in [6, 6.07) is 28.6. The summed E-state index contributed by atoms with van der Waals surface area (Å²) in [6.45, 7) is 0. The Kier molecular flexibility index (Phi) is 7.55. The van der Waals surface area contributed by atoms with E-state index in [0.29, 0.717) is 22.3 Å². The number of fused-ring (bicyclic) bond motifs is 2. The molecule has 0 radical (unpaired) electrons. The van der Waals surface area contributed by atoms with Crippen LogP contribution in [0, 0.1) is 0 Å². The number of imidazole rings is 1. The van der Waals surface area contributed by atoms with Gasteiger partial charge in [0, 0.05) is 27.6 Å². The van der Waals surface area contributed by atoms with E-state index < -0.39 is 5.97 Å². The summed E-state index contributed by atoms with van der Waals surface area (Å²) >= 11 is 6.13. The molecule has 1 fully saturated rings. The van der Waals surface area contributed by atoms with Crippen molar-refractivity contribution in [1.29, 1.82) is 0 Å². The quantitative estimate of drug-likeness (QED) is 0.188. The van der Waals surface area contributed by atoms with Gasteiger partial charge in [-0.1, -0.05) is 55.1 Å². The first-order valence-electron chi connectivity index (χ1n) is 15.0. The molecule has 1 saturated carbocycles. The van der Waals surface area contributed by atoms with Crippen molar-refractivity contribution in [3.05, 3.63) is 107 Å². The van der Waals surface area contributed by atoms with Crippen LogP contribution in [0.3, 0.4) is 0 Å². The second kappa shape index (κ2) is 11.8. The number of aromatic nitrogens is 3. The van der Waals surface area contributed by atoms with Gasteiger partial charge in [-0.15, -0.1) is 0 Å². The first-order valence-corrected chi connectivity index (χ1v) is 15.4. The minimum atomic E-state index is -0.996. The number of hydrogen-bond acceptors (Lipinski definition) is 5. The minimum Gasteiger partial charge on any atom is -0.478 e. The molecular weight excluding hydrogens is 586 g/mol. The number of carbonyl (C=O) groups excluding carboxylic acids is 1. The fourth-order valence-electron chi connectivity index (χ4n) is 6.44. The number of hydrogen-bond donors (Lipinski definition) is 1. The highest BCUT2D eigenvalue weighted by molar-refractivity contribution is 6.30. The van der Waals surface area contributed by atoms with E-state index in [0.717, 1.165) is 62.9 Å². The number of ether oxygens (including phenoxy) is 1. The van der Waals surface area contributed by atoms with Gasteiger partial charge in [0.2, 0.25) is 0 Å². The van der Waals surface area contributed by atoms with Crippen molar-refractivity contribution >= 4 is 45.5 Å². The Hall–Kier alpha value is -5.01. The second-order valence-electron chi connectivity index (χ2n) is 11.5. The van der Waals surface area contributed by atoms with E-state index in [4.69, 9.17) is 26.3 Å². The Bertz CT molecular complexity index is 2100. The van der Waals surface area contributed by atoms with Crippen LogP contribution in [-0.4, -0.2) is 38.7 Å². The molecule has 0 unspecified atom stereocenters. The van der Waals surface area contributed by atoms with Crippen molar-refractivity contribution in [1.82, 2.24) is 14.5 Å². The van der Waals surface area contributed by atoms with Crippen molar-refractivity contribution in [3.63, 3.8) is 0 Å². The number of esters is 1. The van der Waals surface area contributed by atoms with Gasteiger partial charge in [0.1, 0.15) is 5.82 Å². The average molecular weight is 616 g/mol. The van der Waals surface area contributed by atoms with Gasteiger partial charge in [-0.2, -0.15) is 0 Å². The van der Waals surface area contributed by atoms with E-state index >= 15 is 0 Å². The largest absolute Gasteiger partial charge is 0.478 e. The Balaban J connectivity index is 1.33. The predicted octanol–water partition coefficient (Wildman–Crippen LogP) is 9.23. The van der Waals surface area contributed by atoms with Crippen LogP contribution < -0.4 is 0 Å². The zero-order chi connectivity index (χ0) is 31.1. The van der Waals surface area contributed by atoms with Crippen LogP contribution >= 0.6 is 11.6 Å². The van der Waals surface area contributed by atoms with Crippen molar-refractivity contribution < 1.29 is 19.4 Å². The summed E-state index contributed by atoms with van der Waals surface area (Å²) < 4.78 is 7.30. The lowest BCUT2D eigenvalue weighted by Crippen LogP contribution is -2.14. The summed E-state index contributed by atoms with van der Waals surface area (Å²) in [5.41, 5.74) is 7.37. The fourth-order valence-corrected chi connectivity index (χ4v) is 6.57. The summed E-state index contributed by atoms with van der Waals surface area (Å²) in [7, 11) is 1.38. The van der Waals surface area contributed by atoms with E-state index in [1.165, 1.54) is 26.4 Å². The van der Waals surface area contributed by atoms with Crippen LogP contribution in [0.5, 0.6) is 0 Å². The molecule has 7 nitrogen and oxygen atoms in total. The molecule has 0 aliphatic heterocycles. The molecule has 1 aliphatic carbocycles. The molecule has 45 heavy (non-hydrogen) atoms. The zero-order valence-corrected chi connectivity index (χ0v) is 25.4. The Morgan fingerprint density at radius 1 is 0.778 bits per heavy atom. The molecular formula is C37H30ClN3O4. The van der Waals surface area contributed by atoms with Gasteiger partial charge >= 0.3 is 11.9 Å². The number of nitrogens with zero attached hydrogens (tertiary/aromatic N) is 3. The summed E-state index contributed by atoms with van der Waals surface area (Å²) in [5.74, 6) is -0.515. The maximum atomic E-state index is 12.3. The number of benzene rings is 4. The first-order chi connectivity index (χ1) is 21.9. The predicted molar refractivity (Wildman–Crippen MR) is 177 cm³/mol. The van der Waals surface area contributed by atoms with Crippen LogP contribution in [0.4, 0.5) is 0 Å². The molecule has 224 valence electrons. The number of pyridine rings is 1. The normalized spacial score (nSPS) is 13.7. The van der Waals surface area contributed by atoms with Crippen LogP contribution in [0.25, 0.3) is 55.7 Å². The molecule has 1 N–H and O–H groups in total. The number of halogens is 1. The Morgan fingerprint density at radius 3 is 2.29 bits per heavy atom. The number of carboxylic acid groups (broad SMARTS) is 1. The van der Waals surface area contributed by atoms with E-state index in [-0.39, 0.29) is 11.5 Å². The molecule has 2 aromatic heterocycles. The second-order valence-corrected chi connectivity index (χ2v) is 11.9. The number of carboxylic acids is 1. The van der Waals surface area contributed by atoms with Gasteiger partial charge in [-0.3, -0.25) is 0 Å². The smallest absolute Gasteiger partial charge is 0.337 e. The van der Waals surface area contributed by atoms with Gasteiger partial charge in [0.25, 0.3) is 0 Å². The lowest BCUT2D eigenvalue weighted by molar-refractivity contribution is 0.0600. The van der Waals surface area contributed by atoms with E-state index in [9.17, 15) is 14.7 Å². The maximum Gasteiger partial charge on any atom is 0.337 e. The van der Waals surface area contributed by atoms with Gasteiger partial charge in [0.05, 0.1) is 40.5 Å². The lowest BCUT2D eigenvalue weighted by Gasteiger charge is -2.25. The zero-order valence-electron chi connectivity index (χ0n) is 24.7. The number of carbonyl (C=O) groups is 2. The third-order valence-corrected chi connectivity index (χ3v) is 8.95. The SMILES string of the molecule is COC(=O)c1ccc2c(c1)nc(-c1ccc3nc(-c4cc(C(=O)O)ccc4-c4ccc(Cl)cc4)ccc3c1)n2C1CCCCC1. The Labute approximate surface area is 265 Å². The maximum absolute atomic E-state index is 12.3. The van der Waals surface area contributed by atoms with E-state index in [2.05, 4.69) is 10.6 Å². The van der Waals surface area contributed by atoms with Crippen LogP contribution in [0.2, 0.25) is 5.02 Å². The third-order valence-electron chi connectivity index (χ3n) is 8.70. The van der Waals surface area contributed by atoms with Crippen LogP contribution in [-0.2, 0) is 4.74 Å². The molecule has 6 aromatic rings. The minimum absolute atomic E-state index is 0.192. The van der Waals surface area contributed by atoms with Gasteiger partial charge in [0.15, 0.2) is 0 Å². The van der Waals surface area contributed by atoms with E-state index in [1.807, 2.05) is 72.8 Å². The highest BCUT2D eigenvalue weighted by atomic mass is 35.5. The summed E-state index contributed by atoms with van der Waals surface area (Å²) in [5, 5.41) is 11.3. The summed E-state index contributed by atoms with van der Waals surface area (Å²) in [4.78, 5) is 34.2. The molecule has 2 heterocycles. The van der Waals surface area contributed by atoms with E-state index in [1.54, 1.807) is 12.1 Å². The van der Waals surface area contributed by atoms with Crippen molar-refractivity contribution in [2.45, 2.75) is 38.1 Å². The topological polar surface area (TPSA) is 94.3 Å². The molecule has 0 spiro atoms. The summed E-state index contributed by atoms with van der Waals surface area (Å²) in [6.07, 6.45) is 5.76. The van der Waals surface area contributed by atoms with Crippen LogP contribution in [0.1, 0.15) is 58.9 Å². The number of methoxy groups -OCH3 is 1. The number of aromatic carboxylic acids is 1. The molecule has 1 aliphatic rings. The highest BCUT2D eigenvalue weighted by Crippen LogP contribution is 2.38. The van der Waals surface area contributed by atoms with Gasteiger partial charge in [-0.25, -0.2) is 19.6 Å². The van der Waals surface area contributed by atoms with Crippen LogP contribution in [0.15, 0.2) is 91.0 Å². The van der Waals surface area contributed by atoms with Crippen molar-refractivity contribution in [2.24, 2.45) is 0 Å². The highest BCUT2D eigenvalue weighted by Gasteiger charge is 2.23. The third kappa shape index (κ3) is 5.44. The average Bonchev–Trinajstić information content (AvgIpc) is 3.47. The molecule has 8 heteroatoms. The monoisotopic (exact) mass is 615 g/mol. The van der Waals surface area contributed by atoms with Gasteiger partial charge in [-0.05, 0) is 90.7 Å². The van der Waals surface area contributed by atoms with Gasteiger partial charge < -0.3 is 14.4 Å². The van der Waals surface area contributed by atoms with Crippen molar-refractivity contribution in [2.75, 3.05) is 7.11 Å². The standard InChI is InChI=1S/C37H30ClN3O4/c1-45-37(44)26-12-18-34-33(21-26)40-35(41(34)28-5-3-2-4-6-28)24-11-16-31-23(19-24)10-17-32(39-31)30-20-25(36(42)43)9-15-29(30)22-7-13-27(38)14-8-22/h7-21,28H,2-6H2,1H3,(H,42,43). The molecule has 4 aromatic carbocycles. The van der Waals surface area contributed by atoms with Crippen molar-refractivity contribution in [3.8, 4) is 33.8 Å². The molecule has 0 atom stereocenters. The Morgan fingerprint density at radius 2 is 1.53 bits per heavy atom. The molecule has 7 rings (SSSR count). The molecule has 0 saturated heterocycles. The first kappa shape index (κ1) is 28.7. The molecule has 0 amide bonds. The fraction of sp³-hybridized carbons (Fsp3) is 0.189. The molecule has 0 bridgehead atoms. The lowest BCUT2D eigenvalue weighted by atomic mass is 9.94. The number of rotatable bonds is 6.